The van der Waals surface area contributed by atoms with E-state index < -0.39 is 0 Å². The second-order valence-electron chi connectivity index (χ2n) is 8.38. The number of aromatic nitrogens is 3. The Labute approximate surface area is 198 Å². The van der Waals surface area contributed by atoms with Crippen LogP contribution in [-0.4, -0.2) is 51.3 Å². The molecule has 0 atom stereocenters. The number of para-hydroxylation sites is 1. The van der Waals surface area contributed by atoms with Crippen LogP contribution in [0.2, 0.25) is 5.02 Å². The highest BCUT2D eigenvalue weighted by Crippen LogP contribution is 2.26. The van der Waals surface area contributed by atoms with Gasteiger partial charge in [-0.3, -0.25) is 4.79 Å². The third-order valence-corrected chi connectivity index (χ3v) is 6.45. The van der Waals surface area contributed by atoms with Crippen LogP contribution in [0.5, 0.6) is 0 Å². The molecule has 33 heavy (non-hydrogen) atoms. The molecule has 1 fully saturated rings. The monoisotopic (exact) mass is 459 g/mol. The third kappa shape index (κ3) is 4.14. The molecule has 6 nitrogen and oxygen atoms in total. The van der Waals surface area contributed by atoms with Gasteiger partial charge in [-0.05, 0) is 55.0 Å². The molecule has 1 aliphatic rings. The fourth-order valence-corrected chi connectivity index (χ4v) is 4.61. The lowest BCUT2D eigenvalue weighted by Gasteiger charge is -2.36. The van der Waals surface area contributed by atoms with Gasteiger partial charge in [0.1, 0.15) is 11.4 Å². The average molecular weight is 460 g/mol. The van der Waals surface area contributed by atoms with Crippen molar-refractivity contribution in [3.05, 3.63) is 89.2 Å². The lowest BCUT2D eigenvalue weighted by Crippen LogP contribution is -2.49. The van der Waals surface area contributed by atoms with Crippen LogP contribution in [0, 0.1) is 6.92 Å². The summed E-state index contributed by atoms with van der Waals surface area (Å²) in [7, 11) is 1.97. The van der Waals surface area contributed by atoms with Gasteiger partial charge in [0, 0.05) is 50.1 Å². The Morgan fingerprint density at radius 1 is 0.939 bits per heavy atom. The molecule has 5 rings (SSSR count). The number of amides is 1. The number of nitrogens with zero attached hydrogens (tertiary/aromatic N) is 5. The molecule has 0 aliphatic carbocycles. The molecule has 7 heteroatoms. The predicted molar refractivity (Wildman–Crippen MR) is 132 cm³/mol. The number of carbonyl (C=O) groups excluding carboxylic acids is 1. The van der Waals surface area contributed by atoms with Crippen molar-refractivity contribution < 1.29 is 4.79 Å². The first-order chi connectivity index (χ1) is 16.0. The quantitative estimate of drug-likeness (QED) is 0.440. The zero-order chi connectivity index (χ0) is 22.9. The van der Waals surface area contributed by atoms with Gasteiger partial charge in [0.25, 0.3) is 5.91 Å². The Bertz CT molecular complexity index is 1300. The van der Waals surface area contributed by atoms with Crippen molar-refractivity contribution in [3.8, 4) is 17.1 Å². The van der Waals surface area contributed by atoms with Crippen molar-refractivity contribution in [2.45, 2.75) is 6.92 Å². The second kappa shape index (κ2) is 8.79. The zero-order valence-corrected chi connectivity index (χ0v) is 19.5. The summed E-state index contributed by atoms with van der Waals surface area (Å²) in [5.41, 5.74) is 5.50. The zero-order valence-electron chi connectivity index (χ0n) is 18.8. The molecule has 4 aromatic rings. The van der Waals surface area contributed by atoms with Crippen molar-refractivity contribution in [1.82, 2.24) is 19.2 Å². The number of hydrogen-bond acceptors (Lipinski definition) is 3. The van der Waals surface area contributed by atoms with Gasteiger partial charge in [-0.1, -0.05) is 35.9 Å². The van der Waals surface area contributed by atoms with Crippen LogP contribution in [-0.2, 0) is 7.05 Å². The summed E-state index contributed by atoms with van der Waals surface area (Å²) in [6, 6.07) is 21.7. The minimum atomic E-state index is -0.0210. The molecule has 3 heterocycles. The summed E-state index contributed by atoms with van der Waals surface area (Å²) in [5, 5.41) is 5.40. The minimum absolute atomic E-state index is 0.0210. The Balaban J connectivity index is 1.44. The van der Waals surface area contributed by atoms with E-state index in [9.17, 15) is 4.79 Å². The standard InChI is InChI=1S/C26H26ClN5O/c1-19-7-3-4-10-23(19)30-13-15-31(16-14-30)26(33)25-18-22(24-11-6-12-29(24)2)28-32(25)21-9-5-8-20(27)17-21/h3-12,17-18H,13-16H2,1-2H3. The van der Waals surface area contributed by atoms with Gasteiger partial charge in [0.05, 0.1) is 11.4 Å². The minimum Gasteiger partial charge on any atom is -0.368 e. The number of carbonyl (C=O) groups is 1. The van der Waals surface area contributed by atoms with E-state index in [-0.39, 0.29) is 5.91 Å². The number of piperazine rings is 1. The number of halogens is 1. The third-order valence-electron chi connectivity index (χ3n) is 6.21. The summed E-state index contributed by atoms with van der Waals surface area (Å²) in [4.78, 5) is 17.9. The van der Waals surface area contributed by atoms with Crippen LogP contribution in [0.1, 0.15) is 16.1 Å². The topological polar surface area (TPSA) is 46.3 Å². The van der Waals surface area contributed by atoms with E-state index in [1.165, 1.54) is 11.3 Å². The molecule has 1 aliphatic heterocycles. The Morgan fingerprint density at radius 2 is 1.73 bits per heavy atom. The van der Waals surface area contributed by atoms with Crippen LogP contribution >= 0.6 is 11.6 Å². The highest BCUT2D eigenvalue weighted by Gasteiger charge is 2.27. The Morgan fingerprint density at radius 3 is 2.42 bits per heavy atom. The van der Waals surface area contributed by atoms with E-state index in [0.29, 0.717) is 23.8 Å². The first-order valence-corrected chi connectivity index (χ1v) is 11.5. The summed E-state index contributed by atoms with van der Waals surface area (Å²) in [6.45, 7) is 5.04. The smallest absolute Gasteiger partial charge is 0.272 e. The molecular weight excluding hydrogens is 434 g/mol. The number of anilines is 1. The SMILES string of the molecule is Cc1ccccc1N1CCN(C(=O)c2cc(-c3cccn3C)nn2-c2cccc(Cl)c2)CC1. The molecule has 1 amide bonds. The van der Waals surface area contributed by atoms with Crippen LogP contribution in [0.4, 0.5) is 5.69 Å². The van der Waals surface area contributed by atoms with Gasteiger partial charge < -0.3 is 14.4 Å². The molecule has 0 radical (unpaired) electrons. The second-order valence-corrected chi connectivity index (χ2v) is 8.81. The predicted octanol–water partition coefficient (Wildman–Crippen LogP) is 4.80. The summed E-state index contributed by atoms with van der Waals surface area (Å²) < 4.78 is 3.71. The van der Waals surface area contributed by atoms with E-state index in [4.69, 9.17) is 16.7 Å². The number of rotatable bonds is 4. The molecule has 0 saturated carbocycles. The maximum atomic E-state index is 13.7. The highest BCUT2D eigenvalue weighted by atomic mass is 35.5. The molecule has 0 bridgehead atoms. The summed E-state index contributed by atoms with van der Waals surface area (Å²) in [6.07, 6.45) is 1.97. The Hall–Kier alpha value is -3.51. The van der Waals surface area contributed by atoms with Gasteiger partial charge in [0.15, 0.2) is 0 Å². The molecule has 0 unspecified atom stereocenters. The molecular formula is C26H26ClN5O. The summed E-state index contributed by atoms with van der Waals surface area (Å²) in [5.74, 6) is -0.0210. The molecule has 1 saturated heterocycles. The van der Waals surface area contributed by atoms with Crippen molar-refractivity contribution in [2.24, 2.45) is 7.05 Å². The van der Waals surface area contributed by atoms with Crippen molar-refractivity contribution in [1.29, 1.82) is 0 Å². The highest BCUT2D eigenvalue weighted by molar-refractivity contribution is 6.30. The Kier molecular flexibility index (Phi) is 5.68. The average Bonchev–Trinajstić information content (AvgIpc) is 3.45. The van der Waals surface area contributed by atoms with Crippen molar-refractivity contribution in [2.75, 3.05) is 31.1 Å². The van der Waals surface area contributed by atoms with E-state index in [2.05, 4.69) is 36.1 Å². The molecule has 2 aromatic carbocycles. The van der Waals surface area contributed by atoms with Crippen molar-refractivity contribution in [3.63, 3.8) is 0 Å². The van der Waals surface area contributed by atoms with Crippen LogP contribution in [0.15, 0.2) is 72.9 Å². The van der Waals surface area contributed by atoms with Crippen LogP contribution in [0.3, 0.4) is 0 Å². The van der Waals surface area contributed by atoms with Gasteiger partial charge in [-0.25, -0.2) is 4.68 Å². The molecule has 2 aromatic heterocycles. The van der Waals surface area contributed by atoms with E-state index >= 15 is 0 Å². The van der Waals surface area contributed by atoms with E-state index in [1.807, 2.05) is 65.2 Å². The largest absolute Gasteiger partial charge is 0.368 e. The molecule has 0 N–H and O–H groups in total. The maximum Gasteiger partial charge on any atom is 0.272 e. The number of hydrogen-bond donors (Lipinski definition) is 0. The molecule has 168 valence electrons. The first-order valence-electron chi connectivity index (χ1n) is 11.1. The van der Waals surface area contributed by atoms with Gasteiger partial charge >= 0.3 is 0 Å². The fourth-order valence-electron chi connectivity index (χ4n) is 4.42. The van der Waals surface area contributed by atoms with Crippen molar-refractivity contribution >= 4 is 23.2 Å². The molecule has 0 spiro atoms. The van der Waals surface area contributed by atoms with Gasteiger partial charge in [-0.2, -0.15) is 5.10 Å². The lowest BCUT2D eigenvalue weighted by molar-refractivity contribution is 0.0737. The van der Waals surface area contributed by atoms with Gasteiger partial charge in [-0.15, -0.1) is 0 Å². The van der Waals surface area contributed by atoms with E-state index in [1.54, 1.807) is 4.68 Å². The fraction of sp³-hybridized carbons (Fsp3) is 0.231. The summed E-state index contributed by atoms with van der Waals surface area (Å²) >= 11 is 6.25. The maximum absolute atomic E-state index is 13.7. The number of benzene rings is 2. The van der Waals surface area contributed by atoms with Crippen LogP contribution < -0.4 is 4.90 Å². The van der Waals surface area contributed by atoms with Gasteiger partial charge in [0.2, 0.25) is 0 Å². The van der Waals surface area contributed by atoms with Crippen LogP contribution in [0.25, 0.3) is 17.1 Å². The lowest BCUT2D eigenvalue weighted by atomic mass is 10.1. The first kappa shape index (κ1) is 21.3. The number of aryl methyl sites for hydroxylation is 2. The van der Waals surface area contributed by atoms with E-state index in [0.717, 1.165) is 30.2 Å². The normalized spacial score (nSPS) is 14.0.